The number of anilines is 2. The van der Waals surface area contributed by atoms with Crippen LogP contribution in [0, 0.1) is 30.9 Å². The number of carbonyl (C=O) groups excluding carboxylic acids is 1. The fourth-order valence-corrected chi connectivity index (χ4v) is 3.75. The summed E-state index contributed by atoms with van der Waals surface area (Å²) in [5.41, 5.74) is 4.23. The zero-order chi connectivity index (χ0) is 20.6. The van der Waals surface area contributed by atoms with Crippen molar-refractivity contribution in [2.45, 2.75) is 54.0 Å². The lowest BCUT2D eigenvalue weighted by molar-refractivity contribution is -0.117. The van der Waals surface area contributed by atoms with E-state index >= 15 is 4.39 Å². The van der Waals surface area contributed by atoms with Crippen molar-refractivity contribution in [1.29, 1.82) is 0 Å². The van der Waals surface area contributed by atoms with Crippen LogP contribution in [0.3, 0.4) is 0 Å². The van der Waals surface area contributed by atoms with Crippen LogP contribution in [-0.2, 0) is 17.8 Å². The van der Waals surface area contributed by atoms with E-state index in [1.807, 2.05) is 32.6 Å². The SMILES string of the molecule is Cc1cc(N2CCc3cc(F)ccc3C2)c(F)c(C)c1NC(=O)CC(C)(C)C. The standard InChI is InChI=1S/C23H28F2N2O/c1-14-10-19(27-9-8-16-11-18(24)7-6-17(16)13-27)21(25)15(2)22(14)26-20(28)12-23(3,4)5/h6-7,10-11H,8-9,12-13H2,1-5H3,(H,26,28). The number of nitrogens with zero attached hydrogens (tertiary/aromatic N) is 1. The van der Waals surface area contributed by atoms with E-state index in [-0.39, 0.29) is 23.0 Å². The molecule has 0 radical (unpaired) electrons. The van der Waals surface area contributed by atoms with Gasteiger partial charge in [0.2, 0.25) is 5.91 Å². The van der Waals surface area contributed by atoms with E-state index in [9.17, 15) is 9.18 Å². The molecule has 1 heterocycles. The molecular formula is C23H28F2N2O. The van der Waals surface area contributed by atoms with Gasteiger partial charge in [-0.2, -0.15) is 0 Å². The van der Waals surface area contributed by atoms with Crippen LogP contribution in [0.5, 0.6) is 0 Å². The number of benzene rings is 2. The first-order valence-corrected chi connectivity index (χ1v) is 9.67. The monoisotopic (exact) mass is 386 g/mol. The molecule has 2 aromatic rings. The second-order valence-electron chi connectivity index (χ2n) is 8.90. The fraction of sp³-hybridized carbons (Fsp3) is 0.435. The largest absolute Gasteiger partial charge is 0.364 e. The van der Waals surface area contributed by atoms with Gasteiger partial charge in [-0.05, 0) is 60.6 Å². The summed E-state index contributed by atoms with van der Waals surface area (Å²) in [6.45, 7) is 10.7. The highest BCUT2D eigenvalue weighted by atomic mass is 19.1. The Morgan fingerprint density at radius 3 is 2.54 bits per heavy atom. The van der Waals surface area contributed by atoms with Gasteiger partial charge in [-0.15, -0.1) is 0 Å². The molecule has 0 fully saturated rings. The zero-order valence-electron chi connectivity index (χ0n) is 17.2. The highest BCUT2D eigenvalue weighted by Gasteiger charge is 2.24. The zero-order valence-corrected chi connectivity index (χ0v) is 17.2. The molecule has 0 atom stereocenters. The minimum atomic E-state index is -0.317. The van der Waals surface area contributed by atoms with Gasteiger partial charge in [0.15, 0.2) is 5.82 Å². The smallest absolute Gasteiger partial charge is 0.224 e. The number of fused-ring (bicyclic) bond motifs is 1. The van der Waals surface area contributed by atoms with Crippen molar-refractivity contribution in [2.75, 3.05) is 16.8 Å². The predicted octanol–water partition coefficient (Wildman–Crippen LogP) is 5.52. The van der Waals surface area contributed by atoms with Crippen molar-refractivity contribution in [3.05, 3.63) is 58.2 Å². The number of nitrogens with one attached hydrogen (secondary N) is 1. The maximum atomic E-state index is 15.2. The average molecular weight is 386 g/mol. The molecular weight excluding hydrogens is 358 g/mol. The van der Waals surface area contributed by atoms with E-state index in [1.54, 1.807) is 25.1 Å². The Hall–Kier alpha value is -2.43. The van der Waals surface area contributed by atoms with Crippen molar-refractivity contribution in [3.63, 3.8) is 0 Å². The van der Waals surface area contributed by atoms with Crippen LogP contribution in [0.1, 0.15) is 49.4 Å². The summed E-state index contributed by atoms with van der Waals surface area (Å²) >= 11 is 0. The van der Waals surface area contributed by atoms with Crippen LogP contribution in [0.4, 0.5) is 20.2 Å². The molecule has 1 aliphatic heterocycles. The summed E-state index contributed by atoms with van der Waals surface area (Å²) in [6.07, 6.45) is 1.05. The summed E-state index contributed by atoms with van der Waals surface area (Å²) < 4.78 is 28.6. The summed E-state index contributed by atoms with van der Waals surface area (Å²) in [7, 11) is 0. The van der Waals surface area contributed by atoms with E-state index in [1.165, 1.54) is 6.07 Å². The van der Waals surface area contributed by atoms with Gasteiger partial charge in [-0.1, -0.05) is 26.8 Å². The van der Waals surface area contributed by atoms with Gasteiger partial charge in [0.1, 0.15) is 5.82 Å². The van der Waals surface area contributed by atoms with Crippen LogP contribution in [0.15, 0.2) is 24.3 Å². The van der Waals surface area contributed by atoms with E-state index in [0.717, 1.165) is 16.7 Å². The Labute approximate surface area is 165 Å². The van der Waals surface area contributed by atoms with Gasteiger partial charge >= 0.3 is 0 Å². The molecule has 0 saturated heterocycles. The topological polar surface area (TPSA) is 32.3 Å². The summed E-state index contributed by atoms with van der Waals surface area (Å²) in [5, 5.41) is 2.89. The maximum Gasteiger partial charge on any atom is 0.224 e. The Balaban J connectivity index is 1.86. The molecule has 0 unspecified atom stereocenters. The number of halogens is 2. The number of rotatable bonds is 3. The Morgan fingerprint density at radius 1 is 1.14 bits per heavy atom. The molecule has 1 aliphatic rings. The molecule has 28 heavy (non-hydrogen) atoms. The first kappa shape index (κ1) is 20.3. The van der Waals surface area contributed by atoms with E-state index < -0.39 is 0 Å². The third-order valence-electron chi connectivity index (χ3n) is 5.15. The van der Waals surface area contributed by atoms with Gasteiger partial charge in [0.05, 0.1) is 5.69 Å². The maximum absolute atomic E-state index is 15.2. The highest BCUT2D eigenvalue weighted by Crippen LogP contribution is 2.34. The van der Waals surface area contributed by atoms with Gasteiger partial charge in [-0.25, -0.2) is 8.78 Å². The minimum Gasteiger partial charge on any atom is -0.364 e. The van der Waals surface area contributed by atoms with Crippen LogP contribution in [-0.4, -0.2) is 12.5 Å². The van der Waals surface area contributed by atoms with Gasteiger partial charge < -0.3 is 10.2 Å². The molecule has 0 saturated carbocycles. The molecule has 0 aromatic heterocycles. The normalized spacial score (nSPS) is 14.0. The van der Waals surface area contributed by atoms with E-state index in [2.05, 4.69) is 5.32 Å². The lowest BCUT2D eigenvalue weighted by Gasteiger charge is -2.32. The van der Waals surface area contributed by atoms with Crippen molar-refractivity contribution in [3.8, 4) is 0 Å². The molecule has 5 heteroatoms. The number of hydrogen-bond donors (Lipinski definition) is 1. The molecule has 0 spiro atoms. The lowest BCUT2D eigenvalue weighted by Crippen LogP contribution is -2.31. The quantitative estimate of drug-likeness (QED) is 0.753. The molecule has 1 amide bonds. The van der Waals surface area contributed by atoms with Gasteiger partial charge in [-0.3, -0.25) is 4.79 Å². The minimum absolute atomic E-state index is 0.111. The predicted molar refractivity (Wildman–Crippen MR) is 110 cm³/mol. The number of hydrogen-bond acceptors (Lipinski definition) is 2. The Kier molecular flexibility index (Phi) is 5.46. The van der Waals surface area contributed by atoms with Crippen molar-refractivity contribution in [2.24, 2.45) is 5.41 Å². The molecule has 2 aromatic carbocycles. The van der Waals surface area contributed by atoms with Crippen molar-refractivity contribution in [1.82, 2.24) is 0 Å². The van der Waals surface area contributed by atoms with Crippen LogP contribution < -0.4 is 10.2 Å². The molecule has 3 nitrogen and oxygen atoms in total. The van der Waals surface area contributed by atoms with Crippen LogP contribution in [0.25, 0.3) is 0 Å². The lowest BCUT2D eigenvalue weighted by atomic mass is 9.92. The number of carbonyl (C=O) groups is 1. The second-order valence-corrected chi connectivity index (χ2v) is 8.90. The third-order valence-corrected chi connectivity index (χ3v) is 5.15. The Morgan fingerprint density at radius 2 is 1.86 bits per heavy atom. The second kappa shape index (κ2) is 7.53. The van der Waals surface area contributed by atoms with Crippen LogP contribution >= 0.6 is 0 Å². The molecule has 1 N–H and O–H groups in total. The third kappa shape index (κ3) is 4.34. The van der Waals surface area contributed by atoms with Crippen molar-refractivity contribution < 1.29 is 13.6 Å². The molecule has 0 aliphatic carbocycles. The first-order valence-electron chi connectivity index (χ1n) is 9.67. The molecule has 3 rings (SSSR count). The number of aryl methyl sites for hydroxylation is 1. The number of amides is 1. The fourth-order valence-electron chi connectivity index (χ4n) is 3.75. The summed E-state index contributed by atoms with van der Waals surface area (Å²) in [6, 6.07) is 6.58. The summed E-state index contributed by atoms with van der Waals surface area (Å²) in [4.78, 5) is 14.3. The van der Waals surface area contributed by atoms with E-state index in [4.69, 9.17) is 0 Å². The van der Waals surface area contributed by atoms with Gasteiger partial charge in [0, 0.05) is 30.8 Å². The molecule has 150 valence electrons. The Bertz CT molecular complexity index is 916. The van der Waals surface area contributed by atoms with Gasteiger partial charge in [0.25, 0.3) is 0 Å². The van der Waals surface area contributed by atoms with Crippen LogP contribution in [0.2, 0.25) is 0 Å². The first-order chi connectivity index (χ1) is 13.0. The highest BCUT2D eigenvalue weighted by molar-refractivity contribution is 5.93. The average Bonchev–Trinajstić information content (AvgIpc) is 2.60. The molecule has 0 bridgehead atoms. The van der Waals surface area contributed by atoms with Crippen molar-refractivity contribution >= 4 is 17.3 Å². The van der Waals surface area contributed by atoms with E-state index in [0.29, 0.717) is 42.9 Å². The summed E-state index contributed by atoms with van der Waals surface area (Å²) in [5.74, 6) is -0.664.